The molecular weight excluding hydrogens is 278 g/mol. The van der Waals surface area contributed by atoms with Crippen LogP contribution in [0.25, 0.3) is 0 Å². The van der Waals surface area contributed by atoms with Gasteiger partial charge < -0.3 is 9.84 Å². The molecule has 22 heavy (non-hydrogen) atoms. The summed E-state index contributed by atoms with van der Waals surface area (Å²) in [5, 5.41) is 17.6. The number of ether oxygens (including phenoxy) is 1. The lowest BCUT2D eigenvalue weighted by Gasteiger charge is -2.09. The van der Waals surface area contributed by atoms with E-state index in [1.54, 1.807) is 0 Å². The summed E-state index contributed by atoms with van der Waals surface area (Å²) in [6, 6.07) is 9.74. The third-order valence-electron chi connectivity index (χ3n) is 3.64. The van der Waals surface area contributed by atoms with Crippen molar-refractivity contribution in [3.8, 4) is 5.75 Å². The van der Waals surface area contributed by atoms with E-state index in [0.717, 1.165) is 24.4 Å². The molecule has 0 aliphatic heterocycles. The zero-order valence-corrected chi connectivity index (χ0v) is 13.2. The Labute approximate surface area is 131 Å². The summed E-state index contributed by atoms with van der Waals surface area (Å²) in [7, 11) is 0. The van der Waals surface area contributed by atoms with Crippen LogP contribution in [0.2, 0.25) is 0 Å². The minimum atomic E-state index is -0.0738. The second-order valence-electron chi connectivity index (χ2n) is 5.34. The van der Waals surface area contributed by atoms with Gasteiger partial charge in [0.1, 0.15) is 11.4 Å². The smallest absolute Gasteiger partial charge is 0.119 e. The van der Waals surface area contributed by atoms with Crippen molar-refractivity contribution < 1.29 is 9.84 Å². The van der Waals surface area contributed by atoms with Gasteiger partial charge in [0.15, 0.2) is 0 Å². The van der Waals surface area contributed by atoms with Crippen molar-refractivity contribution in [1.82, 2.24) is 15.0 Å². The average molecular weight is 303 g/mol. The quantitative estimate of drug-likeness (QED) is 0.686. The molecule has 0 saturated carbocycles. The van der Waals surface area contributed by atoms with Crippen molar-refractivity contribution in [3.05, 3.63) is 41.7 Å². The number of para-hydroxylation sites is 1. The third kappa shape index (κ3) is 4.84. The molecule has 0 amide bonds. The highest BCUT2D eigenvalue weighted by Crippen LogP contribution is 2.12. The van der Waals surface area contributed by atoms with Crippen molar-refractivity contribution in [1.29, 1.82) is 0 Å². The van der Waals surface area contributed by atoms with Crippen LogP contribution in [0.3, 0.4) is 0 Å². The summed E-state index contributed by atoms with van der Waals surface area (Å²) in [5.74, 6) is 0.856. The normalized spacial score (nSPS) is 10.8. The first kappa shape index (κ1) is 16.5. The Bertz CT molecular complexity index is 540. The number of hydrogen-bond donors (Lipinski definition) is 1. The highest BCUT2D eigenvalue weighted by molar-refractivity contribution is 5.21. The van der Waals surface area contributed by atoms with Gasteiger partial charge >= 0.3 is 0 Å². The van der Waals surface area contributed by atoms with Gasteiger partial charge in [0.05, 0.1) is 18.9 Å². The maximum absolute atomic E-state index is 9.40. The van der Waals surface area contributed by atoms with Crippen molar-refractivity contribution in [2.24, 2.45) is 0 Å². The molecule has 1 heterocycles. The fraction of sp³-hybridized carbons (Fsp3) is 0.529. The van der Waals surface area contributed by atoms with Crippen LogP contribution in [0.1, 0.15) is 44.0 Å². The first-order chi connectivity index (χ1) is 10.8. The Balaban J connectivity index is 1.88. The standard InChI is InChI=1S/C17H25N3O2/c1-2-3-4-8-12-20-17(16(14-21)18-19-20)11-13-22-15-9-6-5-7-10-15/h5-7,9-10,21H,2-4,8,11-14H2,1H3. The van der Waals surface area contributed by atoms with Gasteiger partial charge in [0, 0.05) is 13.0 Å². The fourth-order valence-corrected chi connectivity index (χ4v) is 2.42. The van der Waals surface area contributed by atoms with Gasteiger partial charge in [-0.15, -0.1) is 5.10 Å². The molecule has 2 rings (SSSR count). The number of nitrogens with zero attached hydrogens (tertiary/aromatic N) is 3. The summed E-state index contributed by atoms with van der Waals surface area (Å²) >= 11 is 0. The van der Waals surface area contributed by atoms with Gasteiger partial charge in [-0.1, -0.05) is 49.6 Å². The van der Waals surface area contributed by atoms with E-state index in [4.69, 9.17) is 4.74 Å². The van der Waals surface area contributed by atoms with E-state index in [0.29, 0.717) is 18.7 Å². The number of aryl methyl sites for hydroxylation is 1. The number of unbranched alkanes of at least 4 members (excludes halogenated alkanes) is 3. The van der Waals surface area contributed by atoms with Gasteiger partial charge in [0.2, 0.25) is 0 Å². The molecule has 0 fully saturated rings. The monoisotopic (exact) mass is 303 g/mol. The minimum Gasteiger partial charge on any atom is -0.493 e. The van der Waals surface area contributed by atoms with Crippen molar-refractivity contribution in [3.63, 3.8) is 0 Å². The number of aliphatic hydroxyl groups excluding tert-OH is 1. The van der Waals surface area contributed by atoms with Gasteiger partial charge in [-0.05, 0) is 18.6 Å². The van der Waals surface area contributed by atoms with Gasteiger partial charge in [-0.25, -0.2) is 4.68 Å². The molecule has 1 aromatic carbocycles. The summed E-state index contributed by atoms with van der Waals surface area (Å²) in [4.78, 5) is 0. The van der Waals surface area contributed by atoms with Crippen LogP contribution in [0.15, 0.2) is 30.3 Å². The van der Waals surface area contributed by atoms with Crippen LogP contribution in [0.4, 0.5) is 0 Å². The van der Waals surface area contributed by atoms with Crippen LogP contribution in [0, 0.1) is 0 Å². The first-order valence-corrected chi connectivity index (χ1v) is 8.05. The third-order valence-corrected chi connectivity index (χ3v) is 3.64. The van der Waals surface area contributed by atoms with Gasteiger partial charge in [-0.3, -0.25) is 0 Å². The second kappa shape index (κ2) is 9.20. The Morgan fingerprint density at radius 2 is 1.95 bits per heavy atom. The average Bonchev–Trinajstić information content (AvgIpc) is 2.95. The molecular formula is C17H25N3O2. The lowest BCUT2D eigenvalue weighted by Crippen LogP contribution is -2.11. The molecule has 0 unspecified atom stereocenters. The largest absolute Gasteiger partial charge is 0.493 e. The predicted octanol–water partition coefficient (Wildman–Crippen LogP) is 2.97. The van der Waals surface area contributed by atoms with Crippen LogP contribution in [0.5, 0.6) is 5.75 Å². The Morgan fingerprint density at radius 3 is 2.68 bits per heavy atom. The molecule has 120 valence electrons. The molecule has 1 aromatic heterocycles. The van der Waals surface area contributed by atoms with Gasteiger partial charge in [0.25, 0.3) is 0 Å². The zero-order valence-electron chi connectivity index (χ0n) is 13.2. The first-order valence-electron chi connectivity index (χ1n) is 8.05. The summed E-state index contributed by atoms with van der Waals surface area (Å²) < 4.78 is 7.64. The van der Waals surface area contributed by atoms with Crippen LogP contribution < -0.4 is 4.74 Å². The van der Waals surface area contributed by atoms with Crippen molar-refractivity contribution >= 4 is 0 Å². The molecule has 0 spiro atoms. The van der Waals surface area contributed by atoms with E-state index >= 15 is 0 Å². The maximum atomic E-state index is 9.40. The number of rotatable bonds is 10. The van der Waals surface area contributed by atoms with E-state index < -0.39 is 0 Å². The molecule has 0 aliphatic rings. The number of hydrogen-bond acceptors (Lipinski definition) is 4. The van der Waals surface area contributed by atoms with Gasteiger partial charge in [-0.2, -0.15) is 0 Å². The second-order valence-corrected chi connectivity index (χ2v) is 5.34. The van der Waals surface area contributed by atoms with Crippen LogP contribution in [-0.4, -0.2) is 26.7 Å². The summed E-state index contributed by atoms with van der Waals surface area (Å²) in [6.07, 6.45) is 5.45. The molecule has 2 aromatic rings. The highest BCUT2D eigenvalue weighted by Gasteiger charge is 2.12. The summed E-state index contributed by atoms with van der Waals surface area (Å²) in [6.45, 7) is 3.54. The molecule has 0 radical (unpaired) electrons. The SMILES string of the molecule is CCCCCCn1nnc(CO)c1CCOc1ccccc1. The van der Waals surface area contributed by atoms with E-state index in [-0.39, 0.29) is 6.61 Å². The van der Waals surface area contributed by atoms with E-state index in [2.05, 4.69) is 17.2 Å². The molecule has 0 atom stereocenters. The van der Waals surface area contributed by atoms with E-state index in [1.165, 1.54) is 19.3 Å². The van der Waals surface area contributed by atoms with Crippen molar-refractivity contribution in [2.45, 2.75) is 52.2 Å². The lowest BCUT2D eigenvalue weighted by molar-refractivity contribution is 0.273. The molecule has 0 bridgehead atoms. The zero-order chi connectivity index (χ0) is 15.6. The molecule has 5 heteroatoms. The van der Waals surface area contributed by atoms with Crippen LogP contribution >= 0.6 is 0 Å². The Hall–Kier alpha value is -1.88. The predicted molar refractivity (Wildman–Crippen MR) is 85.7 cm³/mol. The minimum absolute atomic E-state index is 0.0738. The molecule has 0 saturated heterocycles. The lowest BCUT2D eigenvalue weighted by atomic mass is 10.2. The molecule has 0 aliphatic carbocycles. The van der Waals surface area contributed by atoms with Crippen LogP contribution in [-0.2, 0) is 19.6 Å². The number of benzene rings is 1. The topological polar surface area (TPSA) is 60.2 Å². The Kier molecular flexibility index (Phi) is 6.90. The Morgan fingerprint density at radius 1 is 1.14 bits per heavy atom. The fourth-order valence-electron chi connectivity index (χ4n) is 2.42. The maximum Gasteiger partial charge on any atom is 0.119 e. The molecule has 1 N–H and O–H groups in total. The van der Waals surface area contributed by atoms with Crippen molar-refractivity contribution in [2.75, 3.05) is 6.61 Å². The van der Waals surface area contributed by atoms with E-state index in [1.807, 2.05) is 35.0 Å². The molecule has 5 nitrogen and oxygen atoms in total. The highest BCUT2D eigenvalue weighted by atomic mass is 16.5. The number of aliphatic hydroxyl groups is 1. The summed E-state index contributed by atoms with van der Waals surface area (Å²) in [5.41, 5.74) is 1.64. The van der Waals surface area contributed by atoms with E-state index in [9.17, 15) is 5.11 Å². The number of aromatic nitrogens is 3.